The fourth-order valence-electron chi connectivity index (χ4n) is 3.10. The van der Waals surface area contributed by atoms with Gasteiger partial charge in [-0.25, -0.2) is 0 Å². The summed E-state index contributed by atoms with van der Waals surface area (Å²) in [6, 6.07) is 9.80. The van der Waals surface area contributed by atoms with Gasteiger partial charge in [-0.15, -0.1) is 0 Å². The highest BCUT2D eigenvalue weighted by Crippen LogP contribution is 2.39. The molecule has 1 aromatic carbocycles. The van der Waals surface area contributed by atoms with E-state index in [9.17, 15) is 5.11 Å². The van der Waals surface area contributed by atoms with Crippen molar-refractivity contribution in [2.75, 3.05) is 13.7 Å². The predicted octanol–water partition coefficient (Wildman–Crippen LogP) is 1.46. The van der Waals surface area contributed by atoms with Crippen molar-refractivity contribution in [1.82, 2.24) is 0 Å². The van der Waals surface area contributed by atoms with Crippen molar-refractivity contribution in [1.29, 1.82) is 0 Å². The minimum absolute atomic E-state index is 0.166. The molecule has 0 radical (unpaired) electrons. The van der Waals surface area contributed by atoms with E-state index in [1.165, 1.54) is 0 Å². The third kappa shape index (κ3) is 3.57. The summed E-state index contributed by atoms with van der Waals surface area (Å²) in [5, 5.41) is 9.70. The molecular weight excluding hydrogens is 300 g/mol. The number of fused-ring (bicyclic) bond motifs is 1. The number of hydrogen-bond donors (Lipinski definition) is 1. The summed E-state index contributed by atoms with van der Waals surface area (Å²) in [5.74, 6) is -0.698. The van der Waals surface area contributed by atoms with Crippen LogP contribution in [0.25, 0.3) is 0 Å². The summed E-state index contributed by atoms with van der Waals surface area (Å²) in [6.45, 7) is 3.91. The van der Waals surface area contributed by atoms with Gasteiger partial charge in [0, 0.05) is 7.11 Å². The smallest absolute Gasteiger partial charge is 0.190 e. The molecular formula is C17H24O6. The van der Waals surface area contributed by atoms with Crippen LogP contribution in [0.15, 0.2) is 30.3 Å². The van der Waals surface area contributed by atoms with Crippen LogP contribution < -0.4 is 0 Å². The number of aliphatic hydroxyl groups is 1. The molecule has 2 aliphatic heterocycles. The Hall–Kier alpha value is -1.02. The predicted molar refractivity (Wildman–Crippen MR) is 81.6 cm³/mol. The minimum Gasteiger partial charge on any atom is -0.394 e. The van der Waals surface area contributed by atoms with Gasteiger partial charge in [0.15, 0.2) is 12.1 Å². The van der Waals surface area contributed by atoms with Gasteiger partial charge in [-0.2, -0.15) is 0 Å². The molecule has 0 aromatic heterocycles. The Kier molecular flexibility index (Phi) is 5.01. The number of rotatable bonds is 6. The first kappa shape index (κ1) is 16.8. The van der Waals surface area contributed by atoms with Crippen molar-refractivity contribution in [3.8, 4) is 0 Å². The fourth-order valence-corrected chi connectivity index (χ4v) is 3.10. The number of methoxy groups -OCH3 is 1. The van der Waals surface area contributed by atoms with Crippen molar-refractivity contribution in [3.63, 3.8) is 0 Å². The Morgan fingerprint density at radius 1 is 1.22 bits per heavy atom. The Balaban J connectivity index is 1.65. The summed E-state index contributed by atoms with van der Waals surface area (Å²) in [6.07, 6.45) is -2.14. The van der Waals surface area contributed by atoms with E-state index in [-0.39, 0.29) is 18.8 Å². The first-order chi connectivity index (χ1) is 11.0. The van der Waals surface area contributed by atoms with Gasteiger partial charge < -0.3 is 28.8 Å². The van der Waals surface area contributed by atoms with Crippen LogP contribution in [0.5, 0.6) is 0 Å². The molecule has 2 heterocycles. The van der Waals surface area contributed by atoms with Gasteiger partial charge in [-0.1, -0.05) is 30.3 Å². The monoisotopic (exact) mass is 324 g/mol. The van der Waals surface area contributed by atoms with E-state index in [1.54, 1.807) is 7.11 Å². The van der Waals surface area contributed by atoms with Crippen LogP contribution in [0.2, 0.25) is 0 Å². The van der Waals surface area contributed by atoms with E-state index in [4.69, 9.17) is 23.7 Å². The minimum atomic E-state index is -0.698. The van der Waals surface area contributed by atoms with Crippen LogP contribution >= 0.6 is 0 Å². The normalized spacial score (nSPS) is 33.6. The van der Waals surface area contributed by atoms with E-state index < -0.39 is 24.3 Å². The van der Waals surface area contributed by atoms with E-state index in [1.807, 2.05) is 44.2 Å². The van der Waals surface area contributed by atoms with Crippen molar-refractivity contribution in [2.24, 2.45) is 0 Å². The highest BCUT2D eigenvalue weighted by Gasteiger charge is 2.57. The maximum Gasteiger partial charge on any atom is 0.190 e. The molecule has 6 nitrogen and oxygen atoms in total. The maximum atomic E-state index is 9.70. The van der Waals surface area contributed by atoms with Gasteiger partial charge in [-0.05, 0) is 19.4 Å². The molecule has 2 saturated heterocycles. The lowest BCUT2D eigenvalue weighted by Gasteiger charge is -2.29. The Bertz CT molecular complexity index is 505. The average Bonchev–Trinajstić information content (AvgIpc) is 3.00. The Labute approximate surface area is 136 Å². The molecule has 128 valence electrons. The van der Waals surface area contributed by atoms with Gasteiger partial charge in [-0.3, -0.25) is 0 Å². The molecule has 5 atom stereocenters. The first-order valence-corrected chi connectivity index (χ1v) is 7.84. The van der Waals surface area contributed by atoms with Gasteiger partial charge in [0.1, 0.15) is 24.4 Å². The van der Waals surface area contributed by atoms with Crippen LogP contribution in [0.1, 0.15) is 19.4 Å². The molecule has 1 aromatic rings. The Morgan fingerprint density at radius 2 is 1.96 bits per heavy atom. The lowest BCUT2D eigenvalue weighted by Crippen LogP contribution is -2.44. The summed E-state index contributed by atoms with van der Waals surface area (Å²) >= 11 is 0. The third-order valence-electron chi connectivity index (χ3n) is 4.15. The zero-order valence-electron chi connectivity index (χ0n) is 13.7. The van der Waals surface area contributed by atoms with Crippen LogP contribution in [0.4, 0.5) is 0 Å². The van der Waals surface area contributed by atoms with Gasteiger partial charge >= 0.3 is 0 Å². The summed E-state index contributed by atoms with van der Waals surface area (Å²) < 4.78 is 28.9. The molecule has 23 heavy (non-hydrogen) atoms. The van der Waals surface area contributed by atoms with Crippen LogP contribution in [0, 0.1) is 0 Å². The molecule has 0 aliphatic carbocycles. The molecule has 6 heteroatoms. The van der Waals surface area contributed by atoms with Crippen molar-refractivity contribution < 1.29 is 28.8 Å². The topological polar surface area (TPSA) is 66.4 Å². The molecule has 3 rings (SSSR count). The number of benzene rings is 1. The van der Waals surface area contributed by atoms with E-state index in [0.29, 0.717) is 6.61 Å². The van der Waals surface area contributed by atoms with Crippen molar-refractivity contribution in [2.45, 2.75) is 56.9 Å². The molecule has 0 saturated carbocycles. The third-order valence-corrected chi connectivity index (χ3v) is 4.15. The van der Waals surface area contributed by atoms with Crippen LogP contribution in [0.3, 0.4) is 0 Å². The maximum absolute atomic E-state index is 9.70. The summed E-state index contributed by atoms with van der Waals surface area (Å²) in [5.41, 5.74) is 1.03. The van der Waals surface area contributed by atoms with Crippen molar-refractivity contribution in [3.05, 3.63) is 35.9 Å². The first-order valence-electron chi connectivity index (χ1n) is 7.84. The molecule has 0 bridgehead atoms. The second-order valence-corrected chi connectivity index (χ2v) is 6.29. The standard InChI is InChI=1S/C17H24O6/c1-17(2)22-15-14(19-3)13(21-16(15)23-17)12(9-18)20-10-11-7-5-4-6-8-11/h4-8,12-16,18H,9-10H2,1-3H3/t12-,13-,14-,15-,16-/m1/s1. The fraction of sp³-hybridized carbons (Fsp3) is 0.647. The lowest BCUT2D eigenvalue weighted by atomic mass is 10.1. The molecule has 0 amide bonds. The molecule has 0 unspecified atom stereocenters. The van der Waals surface area contributed by atoms with E-state index in [0.717, 1.165) is 5.56 Å². The largest absolute Gasteiger partial charge is 0.394 e. The quantitative estimate of drug-likeness (QED) is 0.854. The second-order valence-electron chi connectivity index (χ2n) is 6.29. The Morgan fingerprint density at radius 3 is 2.61 bits per heavy atom. The van der Waals surface area contributed by atoms with Crippen molar-refractivity contribution >= 4 is 0 Å². The number of aliphatic hydroxyl groups excluding tert-OH is 1. The number of ether oxygens (including phenoxy) is 5. The average molecular weight is 324 g/mol. The zero-order chi connectivity index (χ0) is 16.4. The SMILES string of the molecule is CO[C@H]1[C@H]2OC(C)(C)O[C@H]2O[C@@H]1[C@@H](CO)OCc1ccccc1. The van der Waals surface area contributed by atoms with E-state index in [2.05, 4.69) is 0 Å². The van der Waals surface area contributed by atoms with Crippen LogP contribution in [-0.2, 0) is 30.3 Å². The van der Waals surface area contributed by atoms with E-state index >= 15 is 0 Å². The van der Waals surface area contributed by atoms with Gasteiger partial charge in [0.05, 0.1) is 13.2 Å². The van der Waals surface area contributed by atoms with Gasteiger partial charge in [0.25, 0.3) is 0 Å². The lowest BCUT2D eigenvalue weighted by molar-refractivity contribution is -0.234. The summed E-state index contributed by atoms with van der Waals surface area (Å²) in [7, 11) is 1.60. The highest BCUT2D eigenvalue weighted by molar-refractivity contribution is 5.13. The summed E-state index contributed by atoms with van der Waals surface area (Å²) in [4.78, 5) is 0. The molecule has 2 aliphatic rings. The second kappa shape index (κ2) is 6.84. The van der Waals surface area contributed by atoms with Gasteiger partial charge in [0.2, 0.25) is 0 Å². The number of hydrogen-bond acceptors (Lipinski definition) is 6. The molecule has 2 fully saturated rings. The molecule has 1 N–H and O–H groups in total. The highest BCUT2D eigenvalue weighted by atomic mass is 16.8. The molecule has 0 spiro atoms. The zero-order valence-corrected chi connectivity index (χ0v) is 13.7. The van der Waals surface area contributed by atoms with Crippen LogP contribution in [-0.4, -0.2) is 55.3 Å².